The number of nitrogens with two attached hydrogens (primary N) is 1. The van der Waals surface area contributed by atoms with Gasteiger partial charge in [-0.1, -0.05) is 19.8 Å². The number of rotatable bonds is 8. The van der Waals surface area contributed by atoms with Gasteiger partial charge in [-0.05, 0) is 25.2 Å². The summed E-state index contributed by atoms with van der Waals surface area (Å²) < 4.78 is 6.38. The number of nitrogens with zero attached hydrogens (tertiary/aromatic N) is 2. The Kier molecular flexibility index (Phi) is 6.81. The summed E-state index contributed by atoms with van der Waals surface area (Å²) in [5, 5.41) is 0. The number of aromatic nitrogens is 2. The van der Waals surface area contributed by atoms with Crippen LogP contribution in [0.3, 0.4) is 0 Å². The second-order valence-corrected chi connectivity index (χ2v) is 6.54. The van der Waals surface area contributed by atoms with Crippen molar-refractivity contribution < 1.29 is 9.53 Å². The predicted molar refractivity (Wildman–Crippen MR) is 96.8 cm³/mol. The summed E-state index contributed by atoms with van der Waals surface area (Å²) in [6.07, 6.45) is 5.41. The number of hydrogen-bond donors (Lipinski definition) is 2. The SMILES string of the molecule is CCCn1c(N)c(N(CCOC)C(=O)CC2CCCC2)c(=O)[nH]c1=O. The van der Waals surface area contributed by atoms with Gasteiger partial charge in [0.1, 0.15) is 5.82 Å². The van der Waals surface area contributed by atoms with Gasteiger partial charge in [-0.15, -0.1) is 0 Å². The Labute approximate surface area is 147 Å². The quantitative estimate of drug-likeness (QED) is 0.727. The zero-order valence-corrected chi connectivity index (χ0v) is 15.0. The van der Waals surface area contributed by atoms with Crippen molar-refractivity contribution in [1.82, 2.24) is 9.55 Å². The lowest BCUT2D eigenvalue weighted by atomic mass is 10.0. The van der Waals surface area contributed by atoms with Crippen LogP contribution in [0.25, 0.3) is 0 Å². The normalized spacial score (nSPS) is 14.8. The zero-order valence-electron chi connectivity index (χ0n) is 15.0. The first-order valence-corrected chi connectivity index (χ1v) is 8.91. The summed E-state index contributed by atoms with van der Waals surface area (Å²) in [5.41, 5.74) is 4.96. The van der Waals surface area contributed by atoms with Crippen molar-refractivity contribution in [1.29, 1.82) is 0 Å². The minimum atomic E-state index is -0.634. The molecule has 8 heteroatoms. The van der Waals surface area contributed by atoms with Crippen LogP contribution in [-0.2, 0) is 16.1 Å². The Bertz CT molecular complexity index is 704. The second-order valence-electron chi connectivity index (χ2n) is 6.54. The van der Waals surface area contributed by atoms with E-state index in [0.29, 0.717) is 25.3 Å². The van der Waals surface area contributed by atoms with Gasteiger partial charge in [0.25, 0.3) is 5.56 Å². The maximum absolute atomic E-state index is 12.8. The van der Waals surface area contributed by atoms with E-state index in [2.05, 4.69) is 4.98 Å². The fourth-order valence-electron chi connectivity index (χ4n) is 3.40. The molecule has 0 saturated heterocycles. The molecule has 140 valence electrons. The molecule has 1 amide bonds. The van der Waals surface area contributed by atoms with Gasteiger partial charge >= 0.3 is 5.69 Å². The summed E-state index contributed by atoms with van der Waals surface area (Å²) in [7, 11) is 1.53. The van der Waals surface area contributed by atoms with Gasteiger partial charge in [0.05, 0.1) is 6.61 Å². The first-order chi connectivity index (χ1) is 12.0. The van der Waals surface area contributed by atoms with Crippen LogP contribution in [0.5, 0.6) is 0 Å². The maximum atomic E-state index is 12.8. The van der Waals surface area contributed by atoms with E-state index in [4.69, 9.17) is 10.5 Å². The number of nitrogens with one attached hydrogen (secondary N) is 1. The van der Waals surface area contributed by atoms with E-state index in [-0.39, 0.29) is 30.6 Å². The largest absolute Gasteiger partial charge is 0.383 e. The number of hydrogen-bond acceptors (Lipinski definition) is 5. The molecule has 2 rings (SSSR count). The predicted octanol–water partition coefficient (Wildman–Crippen LogP) is 1.09. The molecule has 0 unspecified atom stereocenters. The molecule has 0 aromatic carbocycles. The molecular weight excluding hydrogens is 324 g/mol. The number of ether oxygens (including phenoxy) is 1. The number of carbonyl (C=O) groups is 1. The topological polar surface area (TPSA) is 110 Å². The Morgan fingerprint density at radius 1 is 1.36 bits per heavy atom. The van der Waals surface area contributed by atoms with Crippen LogP contribution in [0, 0.1) is 5.92 Å². The van der Waals surface area contributed by atoms with Gasteiger partial charge in [-0.25, -0.2) is 4.79 Å². The third-order valence-corrected chi connectivity index (χ3v) is 4.69. The zero-order chi connectivity index (χ0) is 18.4. The Morgan fingerprint density at radius 2 is 2.04 bits per heavy atom. The molecule has 0 spiro atoms. The molecular formula is C17H28N4O4. The molecule has 25 heavy (non-hydrogen) atoms. The molecule has 1 aliphatic carbocycles. The van der Waals surface area contributed by atoms with Crippen LogP contribution in [-0.4, -0.2) is 35.7 Å². The van der Waals surface area contributed by atoms with Crippen LogP contribution in [0.2, 0.25) is 0 Å². The Balaban J connectivity index is 2.39. The highest BCUT2D eigenvalue weighted by molar-refractivity contribution is 5.95. The van der Waals surface area contributed by atoms with Crippen LogP contribution >= 0.6 is 0 Å². The molecule has 1 aromatic heterocycles. The molecule has 1 fully saturated rings. The second kappa shape index (κ2) is 8.84. The number of H-pyrrole nitrogens is 1. The highest BCUT2D eigenvalue weighted by Gasteiger charge is 2.27. The van der Waals surface area contributed by atoms with Crippen LogP contribution in [0.1, 0.15) is 45.4 Å². The van der Waals surface area contributed by atoms with E-state index < -0.39 is 11.2 Å². The standard InChI is InChI=1S/C17H28N4O4/c1-3-8-21-15(18)14(16(23)19-17(21)24)20(9-10-25-2)13(22)11-12-6-4-5-7-12/h12H,3-11,18H2,1-2H3,(H,19,23,24). The number of carbonyl (C=O) groups excluding carboxylic acids is 1. The van der Waals surface area contributed by atoms with E-state index in [9.17, 15) is 14.4 Å². The molecule has 1 aliphatic rings. The molecule has 1 heterocycles. The molecule has 0 radical (unpaired) electrons. The summed E-state index contributed by atoms with van der Waals surface area (Å²) in [6, 6.07) is 0. The first-order valence-electron chi connectivity index (χ1n) is 8.91. The molecule has 8 nitrogen and oxygen atoms in total. The molecule has 0 aliphatic heterocycles. The molecule has 0 atom stereocenters. The Morgan fingerprint density at radius 3 is 2.64 bits per heavy atom. The van der Waals surface area contributed by atoms with Gasteiger partial charge in [0, 0.05) is 26.6 Å². The third-order valence-electron chi connectivity index (χ3n) is 4.69. The van der Waals surface area contributed by atoms with Gasteiger partial charge < -0.3 is 15.4 Å². The summed E-state index contributed by atoms with van der Waals surface area (Å²) >= 11 is 0. The number of amides is 1. The number of aromatic amines is 1. The molecule has 1 saturated carbocycles. The van der Waals surface area contributed by atoms with Crippen molar-refractivity contribution in [2.24, 2.45) is 5.92 Å². The highest BCUT2D eigenvalue weighted by atomic mass is 16.5. The lowest BCUT2D eigenvalue weighted by molar-refractivity contribution is -0.119. The summed E-state index contributed by atoms with van der Waals surface area (Å²) in [6.45, 7) is 2.79. The third kappa shape index (κ3) is 4.50. The van der Waals surface area contributed by atoms with Gasteiger partial charge in [-0.3, -0.25) is 19.1 Å². The Hall–Kier alpha value is -2.09. The van der Waals surface area contributed by atoms with E-state index in [1.165, 1.54) is 16.6 Å². The van der Waals surface area contributed by atoms with Crippen molar-refractivity contribution in [3.63, 3.8) is 0 Å². The van der Waals surface area contributed by atoms with Gasteiger partial charge in [0.2, 0.25) is 5.91 Å². The lowest BCUT2D eigenvalue weighted by Crippen LogP contribution is -2.43. The smallest absolute Gasteiger partial charge is 0.330 e. The highest BCUT2D eigenvalue weighted by Crippen LogP contribution is 2.29. The van der Waals surface area contributed by atoms with Crippen LogP contribution < -0.4 is 21.9 Å². The van der Waals surface area contributed by atoms with Crippen molar-refractivity contribution in [3.8, 4) is 0 Å². The fraction of sp³-hybridized carbons (Fsp3) is 0.706. The average Bonchev–Trinajstić information content (AvgIpc) is 3.07. The maximum Gasteiger partial charge on any atom is 0.330 e. The van der Waals surface area contributed by atoms with E-state index in [1.807, 2.05) is 6.92 Å². The summed E-state index contributed by atoms with van der Waals surface area (Å²) in [5.74, 6) is 0.230. The average molecular weight is 352 g/mol. The molecule has 3 N–H and O–H groups in total. The van der Waals surface area contributed by atoms with Crippen molar-refractivity contribution in [3.05, 3.63) is 20.8 Å². The van der Waals surface area contributed by atoms with E-state index >= 15 is 0 Å². The van der Waals surface area contributed by atoms with E-state index in [1.54, 1.807) is 0 Å². The van der Waals surface area contributed by atoms with Gasteiger partial charge in [-0.2, -0.15) is 0 Å². The minimum Gasteiger partial charge on any atom is -0.383 e. The molecule has 1 aromatic rings. The van der Waals surface area contributed by atoms with E-state index in [0.717, 1.165) is 25.7 Å². The summed E-state index contributed by atoms with van der Waals surface area (Å²) in [4.78, 5) is 40.9. The lowest BCUT2D eigenvalue weighted by Gasteiger charge is -2.25. The van der Waals surface area contributed by atoms with Gasteiger partial charge in [0.15, 0.2) is 5.69 Å². The van der Waals surface area contributed by atoms with Crippen molar-refractivity contribution in [2.75, 3.05) is 30.9 Å². The minimum absolute atomic E-state index is 0.0338. The first kappa shape index (κ1) is 19.2. The molecule has 0 bridgehead atoms. The number of anilines is 2. The monoisotopic (exact) mass is 352 g/mol. The number of nitrogen functional groups attached to an aromatic ring is 1. The van der Waals surface area contributed by atoms with Crippen LogP contribution in [0.15, 0.2) is 9.59 Å². The van der Waals surface area contributed by atoms with Crippen molar-refractivity contribution >= 4 is 17.4 Å². The van der Waals surface area contributed by atoms with Crippen molar-refractivity contribution in [2.45, 2.75) is 52.0 Å². The number of methoxy groups -OCH3 is 1. The fourth-order valence-corrected chi connectivity index (χ4v) is 3.40. The van der Waals surface area contributed by atoms with Crippen LogP contribution in [0.4, 0.5) is 11.5 Å².